The Bertz CT molecular complexity index is 440. The number of alkyl halides is 6. The van der Waals surface area contributed by atoms with Gasteiger partial charge < -0.3 is 10.5 Å². The lowest BCUT2D eigenvalue weighted by atomic mass is 10.1. The molecule has 1 rings (SSSR count). The van der Waals surface area contributed by atoms with E-state index in [1.807, 2.05) is 0 Å². The Labute approximate surface area is 97.6 Å². The van der Waals surface area contributed by atoms with E-state index in [2.05, 4.69) is 9.72 Å². The zero-order valence-electron chi connectivity index (χ0n) is 8.99. The van der Waals surface area contributed by atoms with Crippen LogP contribution < -0.4 is 10.5 Å². The Morgan fingerprint density at radius 1 is 1.22 bits per heavy atom. The monoisotopic (exact) mass is 274 g/mol. The number of halogens is 6. The van der Waals surface area contributed by atoms with Gasteiger partial charge in [-0.05, 0) is 13.0 Å². The van der Waals surface area contributed by atoms with Gasteiger partial charge in [0.15, 0.2) is 0 Å². The van der Waals surface area contributed by atoms with Crippen LogP contribution in [-0.4, -0.2) is 11.3 Å². The van der Waals surface area contributed by atoms with Gasteiger partial charge in [-0.25, -0.2) is 4.98 Å². The lowest BCUT2D eigenvalue weighted by Crippen LogP contribution is -2.21. The third-order valence-electron chi connectivity index (χ3n) is 1.96. The number of aromatic nitrogens is 1. The summed E-state index contributed by atoms with van der Waals surface area (Å²) in [5.41, 5.74) is 2.78. The standard InChI is InChI=1S/C9H8F6N2O/c1-4-2-5(8(10,11)12)6(3-16)17-7(4)18-9(13,14)15/h2H,3,16H2,1H3. The van der Waals surface area contributed by atoms with Crippen molar-refractivity contribution < 1.29 is 31.1 Å². The number of rotatable bonds is 2. The average molecular weight is 274 g/mol. The van der Waals surface area contributed by atoms with Gasteiger partial charge in [0.05, 0.1) is 11.3 Å². The molecule has 0 aromatic carbocycles. The van der Waals surface area contributed by atoms with E-state index in [1.165, 1.54) is 0 Å². The van der Waals surface area contributed by atoms with Crippen LogP contribution in [-0.2, 0) is 12.7 Å². The van der Waals surface area contributed by atoms with Gasteiger partial charge in [-0.1, -0.05) is 0 Å². The van der Waals surface area contributed by atoms with Gasteiger partial charge in [-0.3, -0.25) is 0 Å². The fourth-order valence-electron chi connectivity index (χ4n) is 1.25. The number of ether oxygens (including phenoxy) is 1. The van der Waals surface area contributed by atoms with Gasteiger partial charge >= 0.3 is 12.5 Å². The quantitative estimate of drug-likeness (QED) is 0.843. The molecule has 9 heteroatoms. The molecule has 3 nitrogen and oxygen atoms in total. The van der Waals surface area contributed by atoms with Gasteiger partial charge in [-0.15, -0.1) is 13.2 Å². The highest BCUT2D eigenvalue weighted by Gasteiger charge is 2.37. The maximum Gasteiger partial charge on any atom is 0.574 e. The molecular formula is C9H8F6N2O. The number of pyridine rings is 1. The molecule has 0 spiro atoms. The van der Waals surface area contributed by atoms with Crippen LogP contribution in [0.25, 0.3) is 0 Å². The molecule has 1 aromatic rings. The predicted octanol–water partition coefficient (Wildman–Crippen LogP) is 2.77. The van der Waals surface area contributed by atoms with Crippen LogP contribution in [0.4, 0.5) is 26.3 Å². The minimum absolute atomic E-state index is 0.378. The second-order valence-electron chi connectivity index (χ2n) is 3.35. The van der Waals surface area contributed by atoms with Crippen molar-refractivity contribution in [1.29, 1.82) is 0 Å². The molecule has 0 fully saturated rings. The minimum Gasteiger partial charge on any atom is -0.388 e. The van der Waals surface area contributed by atoms with E-state index < -0.39 is 36.2 Å². The molecule has 0 saturated carbocycles. The van der Waals surface area contributed by atoms with Crippen LogP contribution in [0.15, 0.2) is 6.07 Å². The van der Waals surface area contributed by atoms with Crippen molar-refractivity contribution in [1.82, 2.24) is 4.98 Å². The van der Waals surface area contributed by atoms with Crippen LogP contribution in [0.2, 0.25) is 0 Å². The van der Waals surface area contributed by atoms with Crippen LogP contribution in [0.3, 0.4) is 0 Å². The van der Waals surface area contributed by atoms with Crippen molar-refractivity contribution in [3.63, 3.8) is 0 Å². The van der Waals surface area contributed by atoms with Crippen LogP contribution in [0.5, 0.6) is 5.88 Å². The third-order valence-corrected chi connectivity index (χ3v) is 1.96. The Morgan fingerprint density at radius 3 is 2.17 bits per heavy atom. The maximum absolute atomic E-state index is 12.5. The van der Waals surface area contributed by atoms with Gasteiger partial charge in [0.25, 0.3) is 0 Å². The summed E-state index contributed by atoms with van der Waals surface area (Å²) in [6.07, 6.45) is -9.76. The molecular weight excluding hydrogens is 266 g/mol. The summed E-state index contributed by atoms with van der Waals surface area (Å²) < 4.78 is 77.0. The first-order chi connectivity index (χ1) is 8.04. The SMILES string of the molecule is Cc1cc(C(F)(F)F)c(CN)nc1OC(F)(F)F. The molecule has 18 heavy (non-hydrogen) atoms. The zero-order valence-corrected chi connectivity index (χ0v) is 8.99. The fraction of sp³-hybridized carbons (Fsp3) is 0.444. The summed E-state index contributed by atoms with van der Waals surface area (Å²) in [4.78, 5) is 3.16. The first-order valence-corrected chi connectivity index (χ1v) is 4.58. The van der Waals surface area contributed by atoms with E-state index in [0.29, 0.717) is 6.07 Å². The van der Waals surface area contributed by atoms with E-state index in [-0.39, 0.29) is 5.56 Å². The van der Waals surface area contributed by atoms with Crippen molar-refractivity contribution in [2.24, 2.45) is 5.73 Å². The molecule has 2 N–H and O–H groups in total. The molecule has 0 aliphatic heterocycles. The number of hydrogen-bond donors (Lipinski definition) is 1. The fourth-order valence-corrected chi connectivity index (χ4v) is 1.25. The molecule has 0 bridgehead atoms. The highest BCUT2D eigenvalue weighted by molar-refractivity contribution is 5.35. The predicted molar refractivity (Wildman–Crippen MR) is 48.6 cm³/mol. The minimum atomic E-state index is -5.02. The van der Waals surface area contributed by atoms with Gasteiger partial charge in [0, 0.05) is 12.1 Å². The molecule has 0 saturated heterocycles. The van der Waals surface area contributed by atoms with Crippen molar-refractivity contribution in [3.8, 4) is 5.88 Å². The molecule has 1 heterocycles. The zero-order chi connectivity index (χ0) is 14.1. The summed E-state index contributed by atoms with van der Waals surface area (Å²) in [5, 5.41) is 0. The number of nitrogens with two attached hydrogens (primary N) is 1. The van der Waals surface area contributed by atoms with Crippen LogP contribution >= 0.6 is 0 Å². The number of hydrogen-bond acceptors (Lipinski definition) is 3. The highest BCUT2D eigenvalue weighted by Crippen LogP contribution is 2.34. The van der Waals surface area contributed by atoms with E-state index in [9.17, 15) is 26.3 Å². The first kappa shape index (κ1) is 14.6. The maximum atomic E-state index is 12.5. The van der Waals surface area contributed by atoms with Crippen molar-refractivity contribution >= 4 is 0 Å². The Morgan fingerprint density at radius 2 is 1.78 bits per heavy atom. The molecule has 0 radical (unpaired) electrons. The van der Waals surface area contributed by atoms with E-state index in [1.54, 1.807) is 0 Å². The second-order valence-corrected chi connectivity index (χ2v) is 3.35. The topological polar surface area (TPSA) is 48.1 Å². The Balaban J connectivity index is 3.27. The lowest BCUT2D eigenvalue weighted by molar-refractivity contribution is -0.276. The molecule has 0 aliphatic rings. The molecule has 0 atom stereocenters. The van der Waals surface area contributed by atoms with Crippen molar-refractivity contribution in [3.05, 3.63) is 22.9 Å². The summed E-state index contributed by atoms with van der Waals surface area (Å²) in [7, 11) is 0. The van der Waals surface area contributed by atoms with E-state index in [0.717, 1.165) is 6.92 Å². The Kier molecular flexibility index (Phi) is 3.75. The summed E-state index contributed by atoms with van der Waals surface area (Å²) in [6, 6.07) is 0.524. The van der Waals surface area contributed by atoms with E-state index in [4.69, 9.17) is 5.73 Å². The highest BCUT2D eigenvalue weighted by atomic mass is 19.4. The van der Waals surface area contributed by atoms with Crippen LogP contribution in [0, 0.1) is 6.92 Å². The lowest BCUT2D eigenvalue weighted by Gasteiger charge is -2.15. The molecule has 0 amide bonds. The molecule has 1 aromatic heterocycles. The largest absolute Gasteiger partial charge is 0.574 e. The van der Waals surface area contributed by atoms with E-state index >= 15 is 0 Å². The third kappa shape index (κ3) is 3.49. The van der Waals surface area contributed by atoms with Gasteiger partial charge in [0.1, 0.15) is 0 Å². The summed E-state index contributed by atoms with van der Waals surface area (Å²) in [6.45, 7) is 0.382. The summed E-state index contributed by atoms with van der Waals surface area (Å²) in [5.74, 6) is -0.934. The van der Waals surface area contributed by atoms with Gasteiger partial charge in [0.2, 0.25) is 5.88 Å². The molecule has 0 unspecified atom stereocenters. The molecule has 102 valence electrons. The normalized spacial score (nSPS) is 12.7. The molecule has 0 aliphatic carbocycles. The summed E-state index contributed by atoms with van der Waals surface area (Å²) >= 11 is 0. The van der Waals surface area contributed by atoms with Gasteiger partial charge in [-0.2, -0.15) is 13.2 Å². The number of aryl methyl sites for hydroxylation is 1. The van der Waals surface area contributed by atoms with Crippen molar-refractivity contribution in [2.75, 3.05) is 0 Å². The smallest absolute Gasteiger partial charge is 0.388 e. The Hall–Kier alpha value is -1.51. The average Bonchev–Trinajstić information content (AvgIpc) is 2.17. The van der Waals surface area contributed by atoms with Crippen LogP contribution in [0.1, 0.15) is 16.8 Å². The second kappa shape index (κ2) is 4.63. The number of nitrogens with zero attached hydrogens (tertiary/aromatic N) is 1. The first-order valence-electron chi connectivity index (χ1n) is 4.58. The van der Waals surface area contributed by atoms with Crippen molar-refractivity contribution in [2.45, 2.75) is 26.0 Å².